The molecule has 2 atom stereocenters. The van der Waals surface area contributed by atoms with E-state index < -0.39 is 32.9 Å². The fourth-order valence-corrected chi connectivity index (χ4v) is 5.75. The molecule has 0 saturated heterocycles. The van der Waals surface area contributed by atoms with E-state index in [0.717, 1.165) is 78.3 Å². The normalized spacial score (nSPS) is 20.8. The minimum absolute atomic E-state index is 0.00429. The van der Waals surface area contributed by atoms with Crippen molar-refractivity contribution in [3.8, 4) is 0 Å². The van der Waals surface area contributed by atoms with Crippen molar-refractivity contribution in [2.24, 2.45) is 9.50 Å². The summed E-state index contributed by atoms with van der Waals surface area (Å²) in [5, 5.41) is 21.2. The molecule has 0 radical (unpaired) electrons. The maximum Gasteiger partial charge on any atom is 0.354 e. The number of pyridine rings is 1. The molecule has 2 aromatic rings. The van der Waals surface area contributed by atoms with E-state index in [1.165, 1.54) is 6.92 Å². The van der Waals surface area contributed by atoms with Crippen LogP contribution in [0.1, 0.15) is 55.1 Å². The van der Waals surface area contributed by atoms with Crippen molar-refractivity contribution in [2.75, 3.05) is 5.32 Å². The summed E-state index contributed by atoms with van der Waals surface area (Å²) in [5.41, 5.74) is 5.02. The standard InChI is InChI=1S/C20H25FN6O3S/c1-11(28)9-27-10-14(21)18(25-27)31(22,30)26-19(29)24-16-12-3-2-4-15(12)23-17-13(16)5-6-20(17)7-8-20/h10-11,28H,2-9H2,1H3,(H3,22,23,24,26,29,30)/t11-,31?/m1/s1. The van der Waals surface area contributed by atoms with Gasteiger partial charge in [-0.25, -0.2) is 18.5 Å². The summed E-state index contributed by atoms with van der Waals surface area (Å²) in [5.74, 6) is -0.939. The van der Waals surface area contributed by atoms with Gasteiger partial charge in [-0.1, -0.05) is 0 Å². The summed E-state index contributed by atoms with van der Waals surface area (Å²) in [7, 11) is -3.91. The number of amides is 2. The molecule has 1 unspecified atom stereocenters. The zero-order valence-corrected chi connectivity index (χ0v) is 18.0. The molecule has 4 N–H and O–H groups in total. The Balaban J connectivity index is 1.47. The molecule has 2 aromatic heterocycles. The number of nitrogens with zero attached hydrogens (tertiary/aromatic N) is 4. The molecule has 11 heteroatoms. The third kappa shape index (κ3) is 3.54. The van der Waals surface area contributed by atoms with Crippen molar-refractivity contribution in [2.45, 2.75) is 75.0 Å². The van der Waals surface area contributed by atoms with Crippen LogP contribution >= 0.6 is 0 Å². The predicted octanol–water partition coefficient (Wildman–Crippen LogP) is 2.20. The number of aromatic nitrogens is 3. The molecule has 0 bridgehead atoms. The van der Waals surface area contributed by atoms with Crippen LogP contribution in [-0.4, -0.2) is 36.2 Å². The molecule has 31 heavy (non-hydrogen) atoms. The average Bonchev–Trinajstić information content (AvgIpc) is 2.97. The van der Waals surface area contributed by atoms with Crippen LogP contribution in [0.15, 0.2) is 15.6 Å². The van der Waals surface area contributed by atoms with E-state index >= 15 is 0 Å². The number of aliphatic hydroxyl groups is 1. The first-order valence-electron chi connectivity index (χ1n) is 10.5. The topological polar surface area (TPSA) is 135 Å². The van der Waals surface area contributed by atoms with Gasteiger partial charge < -0.3 is 10.4 Å². The highest BCUT2D eigenvalue weighted by atomic mass is 32.2. The Kier molecular flexibility index (Phi) is 4.68. The van der Waals surface area contributed by atoms with Crippen molar-refractivity contribution in [1.29, 1.82) is 0 Å². The number of aliphatic hydroxyl groups excluding tert-OH is 1. The lowest BCUT2D eigenvalue weighted by atomic mass is 10.0. The van der Waals surface area contributed by atoms with Gasteiger partial charge in [0.25, 0.3) is 0 Å². The maximum absolute atomic E-state index is 14.3. The number of aryl methyl sites for hydroxylation is 1. The van der Waals surface area contributed by atoms with Gasteiger partial charge in [0.2, 0.25) is 5.03 Å². The molecule has 5 rings (SSSR count). The fourth-order valence-electron chi connectivity index (χ4n) is 4.81. The van der Waals surface area contributed by atoms with Crippen LogP contribution in [0.5, 0.6) is 0 Å². The summed E-state index contributed by atoms with van der Waals surface area (Å²) in [6.07, 6.45) is 6.94. The van der Waals surface area contributed by atoms with Gasteiger partial charge >= 0.3 is 6.03 Å². The van der Waals surface area contributed by atoms with Crippen LogP contribution in [0.25, 0.3) is 0 Å². The van der Waals surface area contributed by atoms with E-state index in [2.05, 4.69) is 14.8 Å². The van der Waals surface area contributed by atoms with Crippen LogP contribution in [0, 0.1) is 5.82 Å². The first kappa shape index (κ1) is 20.5. The Morgan fingerprint density at radius 3 is 2.87 bits per heavy atom. The Bertz CT molecular complexity index is 1210. The Morgan fingerprint density at radius 2 is 2.16 bits per heavy atom. The molecule has 2 heterocycles. The van der Waals surface area contributed by atoms with Gasteiger partial charge in [0.1, 0.15) is 0 Å². The molecular weight excluding hydrogens is 423 g/mol. The van der Waals surface area contributed by atoms with Gasteiger partial charge in [0, 0.05) is 11.1 Å². The lowest BCUT2D eigenvalue weighted by Crippen LogP contribution is -2.21. The highest BCUT2D eigenvalue weighted by Crippen LogP contribution is 2.58. The van der Waals surface area contributed by atoms with Crippen LogP contribution < -0.4 is 10.5 Å². The smallest absolute Gasteiger partial charge is 0.354 e. The first-order valence-corrected chi connectivity index (χ1v) is 12.1. The number of halogens is 1. The van der Waals surface area contributed by atoms with Crippen molar-refractivity contribution >= 4 is 21.6 Å². The summed E-state index contributed by atoms with van der Waals surface area (Å²) in [6.45, 7) is 1.50. The van der Waals surface area contributed by atoms with Crippen molar-refractivity contribution in [3.63, 3.8) is 0 Å². The number of hydrogen-bond acceptors (Lipinski definition) is 5. The lowest BCUT2D eigenvalue weighted by Gasteiger charge is -2.16. The number of carbonyl (C=O) groups excluding carboxylic acids is 1. The summed E-state index contributed by atoms with van der Waals surface area (Å²) in [4.78, 5) is 17.7. The first-order chi connectivity index (χ1) is 14.7. The molecule has 0 aliphatic heterocycles. The van der Waals surface area contributed by atoms with Crippen LogP contribution in [0.2, 0.25) is 0 Å². The second-order valence-corrected chi connectivity index (χ2v) is 10.5. The number of nitrogens with one attached hydrogen (secondary N) is 1. The number of rotatable bonds is 4. The van der Waals surface area contributed by atoms with Gasteiger partial charge in [0.15, 0.2) is 15.7 Å². The molecule has 1 saturated carbocycles. The summed E-state index contributed by atoms with van der Waals surface area (Å²) in [6, 6.07) is -0.892. The van der Waals surface area contributed by atoms with E-state index in [1.54, 1.807) is 0 Å². The third-order valence-corrected chi connectivity index (χ3v) is 7.67. The van der Waals surface area contributed by atoms with E-state index in [-0.39, 0.29) is 12.0 Å². The van der Waals surface area contributed by atoms with Crippen molar-refractivity contribution in [1.82, 2.24) is 14.8 Å². The monoisotopic (exact) mass is 448 g/mol. The van der Waals surface area contributed by atoms with Gasteiger partial charge in [-0.3, -0.25) is 9.67 Å². The fraction of sp³-hybridized carbons (Fsp3) is 0.550. The number of hydrogen-bond donors (Lipinski definition) is 3. The molecule has 9 nitrogen and oxygen atoms in total. The Morgan fingerprint density at radius 1 is 1.39 bits per heavy atom. The molecule has 1 fully saturated rings. The Hall–Kier alpha value is -2.37. The quantitative estimate of drug-likeness (QED) is 0.659. The minimum Gasteiger partial charge on any atom is -0.391 e. The average molecular weight is 449 g/mol. The highest BCUT2D eigenvalue weighted by molar-refractivity contribution is 7.91. The SMILES string of the molecule is C[C@@H](O)Cn1cc(F)c(S(N)(=O)=NC(=O)Nc2c3c(nc4c2CCC42CC2)CCC3)n1. The van der Waals surface area contributed by atoms with Crippen LogP contribution in [0.4, 0.5) is 14.9 Å². The van der Waals surface area contributed by atoms with Crippen molar-refractivity contribution < 1.29 is 18.5 Å². The van der Waals surface area contributed by atoms with Gasteiger partial charge in [-0.15, -0.1) is 4.36 Å². The molecule has 2 amide bonds. The second-order valence-electron chi connectivity index (χ2n) is 8.82. The van der Waals surface area contributed by atoms with Gasteiger partial charge in [-0.2, -0.15) is 5.10 Å². The Labute approximate surface area is 179 Å². The molecule has 1 spiro atoms. The molecule has 3 aliphatic rings. The molecule has 0 aromatic carbocycles. The zero-order chi connectivity index (χ0) is 22.0. The van der Waals surface area contributed by atoms with Crippen LogP contribution in [0.3, 0.4) is 0 Å². The second kappa shape index (κ2) is 7.07. The van der Waals surface area contributed by atoms with Gasteiger partial charge in [0.05, 0.1) is 30.2 Å². The van der Waals surface area contributed by atoms with Gasteiger partial charge in [-0.05, 0) is 63.0 Å². The number of carbonyl (C=O) groups is 1. The summed E-state index contributed by atoms with van der Waals surface area (Å²) >= 11 is 0. The van der Waals surface area contributed by atoms with E-state index in [1.807, 2.05) is 0 Å². The maximum atomic E-state index is 14.3. The van der Waals surface area contributed by atoms with E-state index in [0.29, 0.717) is 5.69 Å². The minimum atomic E-state index is -3.91. The number of anilines is 1. The molecule has 3 aliphatic carbocycles. The molecule has 166 valence electrons. The van der Waals surface area contributed by atoms with Crippen LogP contribution in [-0.2, 0) is 41.1 Å². The number of nitrogens with two attached hydrogens (primary N) is 1. The van der Waals surface area contributed by atoms with Crippen molar-refractivity contribution in [3.05, 3.63) is 34.5 Å². The summed E-state index contributed by atoms with van der Waals surface area (Å²) < 4.78 is 31.8. The largest absolute Gasteiger partial charge is 0.391 e. The zero-order valence-electron chi connectivity index (χ0n) is 17.2. The van der Waals surface area contributed by atoms with E-state index in [4.69, 9.17) is 10.1 Å². The molecular formula is C20H25FN6O3S. The number of fused-ring (bicyclic) bond motifs is 3. The van der Waals surface area contributed by atoms with E-state index in [9.17, 15) is 18.5 Å². The lowest BCUT2D eigenvalue weighted by molar-refractivity contribution is 0.168. The number of urea groups is 1. The third-order valence-electron chi connectivity index (χ3n) is 6.40. The highest BCUT2D eigenvalue weighted by Gasteiger charge is 2.51. The predicted molar refractivity (Wildman–Crippen MR) is 111 cm³/mol.